The van der Waals surface area contributed by atoms with Crippen LogP contribution in [0.3, 0.4) is 0 Å². The number of allylic oxidation sites excluding steroid dienone is 1. The summed E-state index contributed by atoms with van der Waals surface area (Å²) in [5, 5.41) is 6.93. The van der Waals surface area contributed by atoms with E-state index in [0.717, 1.165) is 18.2 Å². The molecule has 3 N–H and O–H groups in total. The lowest BCUT2D eigenvalue weighted by molar-refractivity contribution is 0.312. The number of nitrogens with zero attached hydrogens (tertiary/aromatic N) is 1. The van der Waals surface area contributed by atoms with Crippen molar-refractivity contribution in [2.45, 2.75) is 6.42 Å². The first kappa shape index (κ1) is 12.0. The highest BCUT2D eigenvalue weighted by Crippen LogP contribution is 2.14. The predicted molar refractivity (Wildman–Crippen MR) is 65.5 cm³/mol. The lowest BCUT2D eigenvalue weighted by atomic mass is 10.2. The molecule has 0 saturated carbocycles. The Hall–Kier alpha value is -2.10. The summed E-state index contributed by atoms with van der Waals surface area (Å²) >= 11 is 0. The van der Waals surface area contributed by atoms with E-state index in [4.69, 9.17) is 15.9 Å². The van der Waals surface area contributed by atoms with E-state index >= 15 is 0 Å². The van der Waals surface area contributed by atoms with Gasteiger partial charge in [-0.25, -0.2) is 4.98 Å². The number of aromatic nitrogens is 1. The fraction of sp³-hybridized carbons (Fsp3) is 0.167. The van der Waals surface area contributed by atoms with Crippen LogP contribution in [0.15, 0.2) is 37.1 Å². The Labute approximate surface area is 95.0 Å². The number of nitrogens with two attached hydrogens (primary N) is 1. The van der Waals surface area contributed by atoms with Gasteiger partial charge < -0.3 is 15.9 Å². The Bertz CT molecular complexity index is 399. The molecule has 4 heteroatoms. The Morgan fingerprint density at radius 2 is 2.44 bits per heavy atom. The molecule has 0 amide bonds. The monoisotopic (exact) mass is 217 g/mol. The van der Waals surface area contributed by atoms with E-state index in [0.29, 0.717) is 18.2 Å². The van der Waals surface area contributed by atoms with E-state index in [-0.39, 0.29) is 0 Å². The van der Waals surface area contributed by atoms with E-state index in [9.17, 15) is 0 Å². The highest BCUT2D eigenvalue weighted by Gasteiger charge is 1.99. The maximum absolute atomic E-state index is 6.93. The van der Waals surface area contributed by atoms with Crippen molar-refractivity contribution in [2.75, 3.05) is 6.61 Å². The molecular formula is C12H15N3O. The van der Waals surface area contributed by atoms with Crippen LogP contribution in [-0.2, 0) is 0 Å². The molecule has 0 saturated heterocycles. The van der Waals surface area contributed by atoms with Crippen LogP contribution in [-0.4, -0.2) is 17.8 Å². The van der Waals surface area contributed by atoms with Crippen molar-refractivity contribution in [3.8, 4) is 5.88 Å². The van der Waals surface area contributed by atoms with Crippen molar-refractivity contribution in [1.82, 2.24) is 4.98 Å². The Balaban J connectivity index is 2.74. The van der Waals surface area contributed by atoms with Crippen LogP contribution in [0.25, 0.3) is 5.70 Å². The van der Waals surface area contributed by atoms with Gasteiger partial charge in [0.25, 0.3) is 0 Å². The van der Waals surface area contributed by atoms with Gasteiger partial charge in [0.15, 0.2) is 0 Å². The lowest BCUT2D eigenvalue weighted by Gasteiger charge is -2.05. The highest BCUT2D eigenvalue weighted by atomic mass is 16.5. The topological polar surface area (TPSA) is 72.0 Å². The highest BCUT2D eigenvalue weighted by molar-refractivity contribution is 5.81. The third-order valence-corrected chi connectivity index (χ3v) is 1.90. The second-order valence-corrected chi connectivity index (χ2v) is 3.10. The minimum Gasteiger partial charge on any atom is -0.477 e. The number of hydrogen-bond acceptors (Lipinski definition) is 4. The second kappa shape index (κ2) is 6.40. The lowest BCUT2D eigenvalue weighted by Crippen LogP contribution is -2.01. The van der Waals surface area contributed by atoms with Gasteiger partial charge in [-0.05, 0) is 18.6 Å². The van der Waals surface area contributed by atoms with Crippen LogP contribution in [0.1, 0.15) is 12.0 Å². The molecule has 1 aromatic heterocycles. The summed E-state index contributed by atoms with van der Waals surface area (Å²) in [6.45, 7) is 4.16. The Morgan fingerprint density at radius 3 is 3.12 bits per heavy atom. The van der Waals surface area contributed by atoms with E-state index < -0.39 is 0 Å². The SMILES string of the molecule is C=CCCOc1cc(C(N)=CC=N)ccn1. The molecule has 84 valence electrons. The van der Waals surface area contributed by atoms with Gasteiger partial charge in [-0.15, -0.1) is 6.58 Å². The number of ether oxygens (including phenoxy) is 1. The molecule has 0 spiro atoms. The fourth-order valence-electron chi connectivity index (χ4n) is 1.10. The van der Waals surface area contributed by atoms with E-state index in [2.05, 4.69) is 11.6 Å². The third-order valence-electron chi connectivity index (χ3n) is 1.90. The number of pyridine rings is 1. The number of hydrogen-bond donors (Lipinski definition) is 2. The van der Waals surface area contributed by atoms with Crippen molar-refractivity contribution >= 4 is 11.9 Å². The van der Waals surface area contributed by atoms with Gasteiger partial charge in [-0.2, -0.15) is 0 Å². The van der Waals surface area contributed by atoms with Gasteiger partial charge in [-0.1, -0.05) is 6.08 Å². The molecule has 0 aliphatic heterocycles. The first-order valence-corrected chi connectivity index (χ1v) is 4.94. The molecular weight excluding hydrogens is 202 g/mol. The van der Waals surface area contributed by atoms with E-state index in [1.165, 1.54) is 6.08 Å². The van der Waals surface area contributed by atoms with Gasteiger partial charge in [0.05, 0.1) is 6.61 Å². The minimum atomic E-state index is 0.519. The third kappa shape index (κ3) is 3.57. The summed E-state index contributed by atoms with van der Waals surface area (Å²) in [4.78, 5) is 4.06. The van der Waals surface area contributed by atoms with Crippen LogP contribution in [0.2, 0.25) is 0 Å². The zero-order valence-electron chi connectivity index (χ0n) is 9.02. The smallest absolute Gasteiger partial charge is 0.213 e. The summed E-state index contributed by atoms with van der Waals surface area (Å²) in [7, 11) is 0. The minimum absolute atomic E-state index is 0.519. The van der Waals surface area contributed by atoms with Crippen molar-refractivity contribution in [1.29, 1.82) is 5.41 Å². The summed E-state index contributed by atoms with van der Waals surface area (Å²) in [6, 6.07) is 3.52. The predicted octanol–water partition coefficient (Wildman–Crippen LogP) is 1.99. The molecule has 0 fully saturated rings. The van der Waals surface area contributed by atoms with Crippen molar-refractivity contribution in [2.24, 2.45) is 5.73 Å². The zero-order valence-corrected chi connectivity index (χ0v) is 9.02. The van der Waals surface area contributed by atoms with Crippen molar-refractivity contribution in [3.05, 3.63) is 42.6 Å². The van der Waals surface area contributed by atoms with Gasteiger partial charge in [0.1, 0.15) is 0 Å². The number of rotatable bonds is 6. The van der Waals surface area contributed by atoms with Gasteiger partial charge in [0, 0.05) is 29.7 Å². The first-order valence-electron chi connectivity index (χ1n) is 4.94. The molecule has 1 heterocycles. The van der Waals surface area contributed by atoms with Crippen molar-refractivity contribution in [3.63, 3.8) is 0 Å². The summed E-state index contributed by atoms with van der Waals surface area (Å²) in [5.41, 5.74) is 7.06. The van der Waals surface area contributed by atoms with Crippen LogP contribution in [0, 0.1) is 5.41 Å². The quantitative estimate of drug-likeness (QED) is 0.435. The molecule has 16 heavy (non-hydrogen) atoms. The van der Waals surface area contributed by atoms with Crippen LogP contribution < -0.4 is 10.5 Å². The van der Waals surface area contributed by atoms with Crippen LogP contribution in [0.5, 0.6) is 5.88 Å². The van der Waals surface area contributed by atoms with Crippen LogP contribution in [0.4, 0.5) is 0 Å². The Kier molecular flexibility index (Phi) is 4.79. The van der Waals surface area contributed by atoms with Crippen LogP contribution >= 0.6 is 0 Å². The average molecular weight is 217 g/mol. The Morgan fingerprint density at radius 1 is 1.62 bits per heavy atom. The first-order chi connectivity index (χ1) is 7.77. The molecule has 0 aliphatic carbocycles. The second-order valence-electron chi connectivity index (χ2n) is 3.10. The molecule has 1 aromatic rings. The molecule has 0 aromatic carbocycles. The normalized spacial score (nSPS) is 10.9. The molecule has 0 unspecified atom stereocenters. The summed E-state index contributed by atoms with van der Waals surface area (Å²) < 4.78 is 5.39. The van der Waals surface area contributed by atoms with Crippen molar-refractivity contribution < 1.29 is 4.74 Å². The molecule has 4 nitrogen and oxygen atoms in total. The molecule has 0 radical (unpaired) electrons. The number of nitrogens with one attached hydrogen (secondary N) is 1. The molecule has 0 aliphatic rings. The molecule has 1 rings (SSSR count). The van der Waals surface area contributed by atoms with Gasteiger partial charge >= 0.3 is 0 Å². The summed E-state index contributed by atoms with van der Waals surface area (Å²) in [6.07, 6.45) is 6.85. The molecule has 0 atom stereocenters. The van der Waals surface area contributed by atoms with Gasteiger partial charge in [-0.3, -0.25) is 0 Å². The summed E-state index contributed by atoms with van der Waals surface area (Å²) in [5.74, 6) is 0.528. The fourth-order valence-corrected chi connectivity index (χ4v) is 1.10. The van der Waals surface area contributed by atoms with E-state index in [1.807, 2.05) is 0 Å². The largest absolute Gasteiger partial charge is 0.477 e. The van der Waals surface area contributed by atoms with E-state index in [1.54, 1.807) is 24.4 Å². The maximum atomic E-state index is 6.93. The standard InChI is InChI=1S/C12H15N3O/c1-2-3-8-16-12-9-10(5-7-15-12)11(14)4-6-13/h2,4-7,9,13H,1,3,8,14H2. The average Bonchev–Trinajstić information content (AvgIpc) is 2.30. The zero-order chi connectivity index (χ0) is 11.8. The van der Waals surface area contributed by atoms with Gasteiger partial charge in [0.2, 0.25) is 5.88 Å². The molecule has 0 bridgehead atoms. The maximum Gasteiger partial charge on any atom is 0.213 e.